The highest BCUT2D eigenvalue weighted by Crippen LogP contribution is 2.29. The molecule has 0 saturated heterocycles. The zero-order chi connectivity index (χ0) is 26.2. The molecule has 3 rings (SSSR count). The topological polar surface area (TPSA) is 93.9 Å². The molecule has 0 aliphatic carbocycles. The Labute approximate surface area is 212 Å². The molecular weight excluding hydrogens is 492 g/mol. The summed E-state index contributed by atoms with van der Waals surface area (Å²) < 4.78 is 37.5. The fourth-order valence-electron chi connectivity index (χ4n) is 3.55. The quantitative estimate of drug-likeness (QED) is 0.400. The van der Waals surface area contributed by atoms with Crippen molar-refractivity contribution in [2.24, 2.45) is 5.73 Å². The number of hydrogen-bond acceptors (Lipinski definition) is 5. The van der Waals surface area contributed by atoms with Gasteiger partial charge in [0.05, 0.1) is 14.2 Å². The fourth-order valence-corrected chi connectivity index (χ4v) is 3.73. The van der Waals surface area contributed by atoms with Crippen molar-refractivity contribution in [3.63, 3.8) is 0 Å². The van der Waals surface area contributed by atoms with Crippen LogP contribution in [-0.2, 0) is 6.54 Å². The van der Waals surface area contributed by atoms with Gasteiger partial charge in [-0.05, 0) is 67.1 Å². The van der Waals surface area contributed by atoms with E-state index >= 15 is 0 Å². The van der Waals surface area contributed by atoms with Gasteiger partial charge >= 0.3 is 0 Å². The molecule has 0 heterocycles. The van der Waals surface area contributed by atoms with Gasteiger partial charge in [-0.2, -0.15) is 0 Å². The average molecular weight is 518 g/mol. The maximum absolute atomic E-state index is 13.5. The van der Waals surface area contributed by atoms with Crippen molar-refractivity contribution in [2.75, 3.05) is 32.6 Å². The molecule has 0 fully saturated rings. The van der Waals surface area contributed by atoms with Crippen molar-refractivity contribution in [2.45, 2.75) is 13.0 Å². The van der Waals surface area contributed by atoms with Crippen LogP contribution in [0, 0.1) is 11.6 Å². The van der Waals surface area contributed by atoms with E-state index in [1.165, 1.54) is 14.2 Å². The lowest BCUT2D eigenvalue weighted by molar-refractivity contribution is 0.0741. The number of nitrogens with zero attached hydrogens (tertiary/aromatic N) is 1. The highest BCUT2D eigenvalue weighted by Gasteiger charge is 2.20. The van der Waals surface area contributed by atoms with E-state index < -0.39 is 17.5 Å². The lowest BCUT2D eigenvalue weighted by Gasteiger charge is -2.24. The highest BCUT2D eigenvalue weighted by molar-refractivity contribution is 6.31. The van der Waals surface area contributed by atoms with E-state index in [4.69, 9.17) is 26.8 Å². The molecule has 7 nitrogen and oxygen atoms in total. The van der Waals surface area contributed by atoms with Gasteiger partial charge in [0.1, 0.15) is 11.6 Å². The number of benzene rings is 3. The summed E-state index contributed by atoms with van der Waals surface area (Å²) in [7, 11) is 2.99. The van der Waals surface area contributed by atoms with Gasteiger partial charge in [0, 0.05) is 41.0 Å². The predicted molar refractivity (Wildman–Crippen MR) is 134 cm³/mol. The van der Waals surface area contributed by atoms with E-state index in [0.29, 0.717) is 58.9 Å². The minimum Gasteiger partial charge on any atom is -0.493 e. The molecule has 0 unspecified atom stereocenters. The molecule has 190 valence electrons. The summed E-state index contributed by atoms with van der Waals surface area (Å²) in [4.78, 5) is 27.4. The number of methoxy groups -OCH3 is 2. The summed E-state index contributed by atoms with van der Waals surface area (Å²) in [6.45, 7) is 0.868. The van der Waals surface area contributed by atoms with Gasteiger partial charge in [0.25, 0.3) is 11.8 Å². The number of amides is 2. The van der Waals surface area contributed by atoms with Crippen molar-refractivity contribution < 1.29 is 27.8 Å². The smallest absolute Gasteiger partial charge is 0.255 e. The summed E-state index contributed by atoms with van der Waals surface area (Å²) in [6.07, 6.45) is 0.554. The maximum Gasteiger partial charge on any atom is 0.255 e. The Morgan fingerprint density at radius 1 is 0.944 bits per heavy atom. The Hall–Kier alpha value is -3.69. The van der Waals surface area contributed by atoms with Crippen LogP contribution in [-0.4, -0.2) is 44.0 Å². The van der Waals surface area contributed by atoms with Crippen LogP contribution in [0.15, 0.2) is 54.6 Å². The second kappa shape index (κ2) is 12.3. The van der Waals surface area contributed by atoms with Crippen LogP contribution in [0.25, 0.3) is 0 Å². The molecule has 0 spiro atoms. The van der Waals surface area contributed by atoms with Gasteiger partial charge < -0.3 is 25.4 Å². The monoisotopic (exact) mass is 517 g/mol. The molecule has 0 aliphatic rings. The molecule has 3 aromatic carbocycles. The van der Waals surface area contributed by atoms with Crippen LogP contribution in [0.3, 0.4) is 0 Å². The number of rotatable bonds is 10. The van der Waals surface area contributed by atoms with Crippen LogP contribution in [0.2, 0.25) is 5.02 Å². The van der Waals surface area contributed by atoms with Gasteiger partial charge in [-0.25, -0.2) is 8.78 Å². The Kier molecular flexibility index (Phi) is 9.21. The first kappa shape index (κ1) is 26.9. The predicted octanol–water partition coefficient (Wildman–Crippen LogP) is 4.88. The van der Waals surface area contributed by atoms with Crippen molar-refractivity contribution in [3.8, 4) is 11.5 Å². The second-order valence-electron chi connectivity index (χ2n) is 7.86. The number of hydrogen-bond donors (Lipinski definition) is 2. The number of nitrogens with one attached hydrogen (secondary N) is 1. The van der Waals surface area contributed by atoms with Crippen LogP contribution in [0.5, 0.6) is 11.5 Å². The number of anilines is 1. The molecule has 36 heavy (non-hydrogen) atoms. The zero-order valence-corrected chi connectivity index (χ0v) is 20.6. The Morgan fingerprint density at radius 3 is 2.28 bits per heavy atom. The molecule has 3 N–H and O–H groups in total. The standard InChI is InChI=1S/C26H26ClF2N3O4/c1-35-23-7-4-16(13-24(23)36-2)26(34)32(9-3-8-30)15-18-12-21(5-6-22(18)27)31-25(33)17-10-19(28)14-20(29)11-17/h4-7,10-14H,3,8-9,15,30H2,1-2H3,(H,31,33). The first-order chi connectivity index (χ1) is 17.2. The van der Waals surface area contributed by atoms with E-state index in [-0.39, 0.29) is 18.0 Å². The number of carbonyl (C=O) groups is 2. The molecule has 0 aromatic heterocycles. The summed E-state index contributed by atoms with van der Waals surface area (Å²) in [6, 6.07) is 12.2. The average Bonchev–Trinajstić information content (AvgIpc) is 2.86. The third-order valence-electron chi connectivity index (χ3n) is 5.34. The van der Waals surface area contributed by atoms with Crippen molar-refractivity contribution in [1.82, 2.24) is 4.90 Å². The van der Waals surface area contributed by atoms with Crippen LogP contribution < -0.4 is 20.5 Å². The summed E-state index contributed by atoms with van der Waals surface area (Å²) >= 11 is 6.40. The molecule has 0 radical (unpaired) electrons. The molecule has 10 heteroatoms. The summed E-state index contributed by atoms with van der Waals surface area (Å²) in [5.41, 5.74) is 6.80. The third kappa shape index (κ3) is 6.71. The minimum absolute atomic E-state index is 0.129. The number of halogens is 3. The Balaban J connectivity index is 1.84. The van der Waals surface area contributed by atoms with Crippen LogP contribution >= 0.6 is 11.6 Å². The first-order valence-corrected chi connectivity index (χ1v) is 11.4. The van der Waals surface area contributed by atoms with Gasteiger partial charge in [-0.3, -0.25) is 9.59 Å². The fraction of sp³-hybridized carbons (Fsp3) is 0.231. The number of carbonyl (C=O) groups excluding carboxylic acids is 2. The first-order valence-electron chi connectivity index (χ1n) is 11.0. The Morgan fingerprint density at radius 2 is 1.64 bits per heavy atom. The zero-order valence-electron chi connectivity index (χ0n) is 19.8. The molecule has 3 aromatic rings. The molecule has 0 saturated carbocycles. The van der Waals surface area contributed by atoms with Crippen molar-refractivity contribution >= 4 is 29.1 Å². The Bertz CT molecular complexity index is 1240. The molecule has 0 aliphatic heterocycles. The lowest BCUT2D eigenvalue weighted by Crippen LogP contribution is -2.32. The number of ether oxygens (including phenoxy) is 2. The van der Waals surface area contributed by atoms with Crippen molar-refractivity contribution in [3.05, 3.63) is 87.9 Å². The largest absolute Gasteiger partial charge is 0.493 e. The van der Waals surface area contributed by atoms with E-state index in [1.54, 1.807) is 41.3 Å². The van der Waals surface area contributed by atoms with Crippen LogP contribution in [0.4, 0.5) is 14.5 Å². The summed E-state index contributed by atoms with van der Waals surface area (Å²) in [5, 5.41) is 2.98. The molecule has 2 amide bonds. The maximum atomic E-state index is 13.5. The van der Waals surface area contributed by atoms with Gasteiger partial charge in [-0.1, -0.05) is 11.6 Å². The van der Waals surface area contributed by atoms with Crippen LogP contribution in [0.1, 0.15) is 32.7 Å². The normalized spacial score (nSPS) is 10.6. The summed E-state index contributed by atoms with van der Waals surface area (Å²) in [5.74, 6) is -1.78. The number of nitrogens with two attached hydrogens (primary N) is 1. The third-order valence-corrected chi connectivity index (χ3v) is 5.71. The lowest BCUT2D eigenvalue weighted by atomic mass is 10.1. The van der Waals surface area contributed by atoms with Gasteiger partial charge in [-0.15, -0.1) is 0 Å². The van der Waals surface area contributed by atoms with E-state index in [2.05, 4.69) is 5.32 Å². The van der Waals surface area contributed by atoms with Gasteiger partial charge in [0.2, 0.25) is 0 Å². The highest BCUT2D eigenvalue weighted by atomic mass is 35.5. The van der Waals surface area contributed by atoms with E-state index in [0.717, 1.165) is 12.1 Å². The van der Waals surface area contributed by atoms with E-state index in [1.807, 2.05) is 0 Å². The van der Waals surface area contributed by atoms with Crippen molar-refractivity contribution in [1.29, 1.82) is 0 Å². The molecule has 0 bridgehead atoms. The second-order valence-corrected chi connectivity index (χ2v) is 8.26. The van der Waals surface area contributed by atoms with Gasteiger partial charge in [0.15, 0.2) is 11.5 Å². The van der Waals surface area contributed by atoms with E-state index in [9.17, 15) is 18.4 Å². The molecular formula is C26H26ClF2N3O4. The minimum atomic E-state index is -0.860. The molecule has 0 atom stereocenters. The SMILES string of the molecule is COc1ccc(C(=O)N(CCCN)Cc2cc(NC(=O)c3cc(F)cc(F)c3)ccc2Cl)cc1OC.